The van der Waals surface area contributed by atoms with Crippen LogP contribution >= 0.6 is 0 Å². The van der Waals surface area contributed by atoms with Gasteiger partial charge in [-0.3, -0.25) is 4.79 Å². The lowest BCUT2D eigenvalue weighted by Gasteiger charge is -2.16. The van der Waals surface area contributed by atoms with Crippen LogP contribution in [0.4, 0.5) is 4.79 Å². The Balaban J connectivity index is 2.18. The Bertz CT molecular complexity index is 442. The van der Waals surface area contributed by atoms with Gasteiger partial charge in [0, 0.05) is 19.7 Å². The molecule has 1 heterocycles. The third kappa shape index (κ3) is 2.08. The largest absolute Gasteiger partial charge is 0.447 e. The maximum Gasteiger partial charge on any atom is 0.410 e. The Labute approximate surface area is 99.4 Å². The molecule has 0 radical (unpaired) electrons. The molecule has 1 saturated heterocycles. The predicted molar refractivity (Wildman–Crippen MR) is 61.7 cm³/mol. The second-order valence-electron chi connectivity index (χ2n) is 3.90. The first-order valence-electron chi connectivity index (χ1n) is 5.35. The fourth-order valence-electron chi connectivity index (χ4n) is 1.81. The van der Waals surface area contributed by atoms with Crippen molar-refractivity contribution in [1.29, 1.82) is 0 Å². The number of benzene rings is 1. The molecule has 2 amide bonds. The van der Waals surface area contributed by atoms with E-state index in [1.807, 2.05) is 12.1 Å². The molecule has 0 aliphatic carbocycles. The Morgan fingerprint density at radius 1 is 1.41 bits per heavy atom. The van der Waals surface area contributed by atoms with E-state index in [-0.39, 0.29) is 18.0 Å². The normalized spacial score (nSPS) is 19.1. The first kappa shape index (κ1) is 11.4. The van der Waals surface area contributed by atoms with Gasteiger partial charge in [-0.15, -0.1) is 0 Å². The Morgan fingerprint density at radius 3 is 2.53 bits per heavy atom. The number of rotatable bonds is 2. The molecular formula is C12H14N2O3. The first-order chi connectivity index (χ1) is 8.13. The van der Waals surface area contributed by atoms with Crippen LogP contribution in [0.3, 0.4) is 0 Å². The average molecular weight is 234 g/mol. The van der Waals surface area contributed by atoms with E-state index in [0.717, 1.165) is 5.56 Å². The zero-order valence-electron chi connectivity index (χ0n) is 9.77. The number of hydrogen-bond donors (Lipinski definition) is 1. The van der Waals surface area contributed by atoms with Crippen LogP contribution in [0, 0.1) is 0 Å². The molecule has 0 aromatic heterocycles. The molecule has 1 aromatic rings. The van der Waals surface area contributed by atoms with Gasteiger partial charge < -0.3 is 15.0 Å². The van der Waals surface area contributed by atoms with E-state index in [9.17, 15) is 9.59 Å². The highest BCUT2D eigenvalue weighted by Crippen LogP contribution is 2.25. The standard InChI is InChI=1S/C12H14N2O3/c1-13-11(15)9-5-3-8(4-6-9)10-7-17-12(16)14(10)2/h3-6,10H,7H2,1-2H3,(H,13,15). The quantitative estimate of drug-likeness (QED) is 0.835. The number of nitrogens with one attached hydrogen (secondary N) is 1. The summed E-state index contributed by atoms with van der Waals surface area (Å²) in [5.41, 5.74) is 1.56. The van der Waals surface area contributed by atoms with Crippen molar-refractivity contribution in [2.45, 2.75) is 6.04 Å². The van der Waals surface area contributed by atoms with Crippen molar-refractivity contribution in [3.63, 3.8) is 0 Å². The molecular weight excluding hydrogens is 220 g/mol. The van der Waals surface area contributed by atoms with Crippen molar-refractivity contribution in [3.8, 4) is 0 Å². The summed E-state index contributed by atoms with van der Waals surface area (Å²) < 4.78 is 4.94. The first-order valence-corrected chi connectivity index (χ1v) is 5.35. The van der Waals surface area contributed by atoms with Crippen molar-refractivity contribution in [2.24, 2.45) is 0 Å². The molecule has 1 atom stereocenters. The second kappa shape index (κ2) is 4.45. The van der Waals surface area contributed by atoms with Gasteiger partial charge in [0.25, 0.3) is 5.91 Å². The summed E-state index contributed by atoms with van der Waals surface area (Å²) in [6.07, 6.45) is -0.314. The zero-order chi connectivity index (χ0) is 12.4. The predicted octanol–water partition coefficient (Wildman–Crippen LogP) is 1.17. The zero-order valence-corrected chi connectivity index (χ0v) is 9.77. The van der Waals surface area contributed by atoms with Crippen LogP contribution in [0.1, 0.15) is 22.0 Å². The van der Waals surface area contributed by atoms with Crippen LogP contribution in [0.5, 0.6) is 0 Å². The highest BCUT2D eigenvalue weighted by atomic mass is 16.6. The maximum atomic E-state index is 11.4. The van der Waals surface area contributed by atoms with E-state index in [0.29, 0.717) is 12.2 Å². The highest BCUT2D eigenvalue weighted by Gasteiger charge is 2.30. The van der Waals surface area contributed by atoms with Gasteiger partial charge in [0.1, 0.15) is 6.61 Å². The lowest BCUT2D eigenvalue weighted by Crippen LogP contribution is -2.22. The Morgan fingerprint density at radius 2 is 2.06 bits per heavy atom. The molecule has 0 saturated carbocycles. The van der Waals surface area contributed by atoms with E-state index >= 15 is 0 Å². The van der Waals surface area contributed by atoms with Gasteiger partial charge in [-0.25, -0.2) is 4.79 Å². The van der Waals surface area contributed by atoms with Crippen molar-refractivity contribution < 1.29 is 14.3 Å². The summed E-state index contributed by atoms with van der Waals surface area (Å²) in [6.45, 7) is 0.356. The summed E-state index contributed by atoms with van der Waals surface area (Å²) in [4.78, 5) is 24.1. The van der Waals surface area contributed by atoms with Crippen molar-refractivity contribution in [2.75, 3.05) is 20.7 Å². The minimum atomic E-state index is -0.314. The lowest BCUT2D eigenvalue weighted by molar-refractivity contribution is 0.0963. The number of nitrogens with zero attached hydrogens (tertiary/aromatic N) is 1. The fourth-order valence-corrected chi connectivity index (χ4v) is 1.81. The molecule has 1 fully saturated rings. The molecule has 0 bridgehead atoms. The van der Waals surface area contributed by atoms with Crippen LogP contribution < -0.4 is 5.32 Å². The number of hydrogen-bond acceptors (Lipinski definition) is 3. The molecule has 90 valence electrons. The van der Waals surface area contributed by atoms with Gasteiger partial charge in [0.05, 0.1) is 6.04 Å². The van der Waals surface area contributed by atoms with E-state index < -0.39 is 0 Å². The molecule has 0 spiro atoms. The SMILES string of the molecule is CNC(=O)c1ccc(C2COC(=O)N2C)cc1. The summed E-state index contributed by atoms with van der Waals surface area (Å²) in [6, 6.07) is 7.10. The van der Waals surface area contributed by atoms with Crippen LogP contribution in [-0.4, -0.2) is 37.6 Å². The van der Waals surface area contributed by atoms with Gasteiger partial charge in [0.15, 0.2) is 0 Å². The van der Waals surface area contributed by atoms with Crippen molar-refractivity contribution in [1.82, 2.24) is 10.2 Å². The minimum Gasteiger partial charge on any atom is -0.447 e. The Kier molecular flexibility index (Phi) is 2.99. The number of likely N-dealkylation sites (N-methyl/N-ethyl adjacent to an activating group) is 1. The summed E-state index contributed by atoms with van der Waals surface area (Å²) >= 11 is 0. The molecule has 1 unspecified atom stereocenters. The van der Waals surface area contributed by atoms with E-state index in [4.69, 9.17) is 4.74 Å². The van der Waals surface area contributed by atoms with E-state index in [1.54, 1.807) is 31.1 Å². The topological polar surface area (TPSA) is 58.6 Å². The monoisotopic (exact) mass is 234 g/mol. The highest BCUT2D eigenvalue weighted by molar-refractivity contribution is 5.93. The number of cyclic esters (lactones) is 1. The number of ether oxygens (including phenoxy) is 1. The van der Waals surface area contributed by atoms with E-state index in [2.05, 4.69) is 5.32 Å². The fraction of sp³-hybridized carbons (Fsp3) is 0.333. The molecule has 5 nitrogen and oxygen atoms in total. The van der Waals surface area contributed by atoms with Crippen molar-refractivity contribution in [3.05, 3.63) is 35.4 Å². The minimum absolute atomic E-state index is 0.0683. The molecule has 1 N–H and O–H groups in total. The van der Waals surface area contributed by atoms with Gasteiger partial charge in [0.2, 0.25) is 0 Å². The summed E-state index contributed by atoms with van der Waals surface area (Å²) in [5, 5.41) is 2.56. The van der Waals surface area contributed by atoms with Crippen LogP contribution in [-0.2, 0) is 4.74 Å². The third-order valence-electron chi connectivity index (χ3n) is 2.90. The van der Waals surface area contributed by atoms with Gasteiger partial charge in [-0.1, -0.05) is 12.1 Å². The van der Waals surface area contributed by atoms with Gasteiger partial charge in [-0.2, -0.15) is 0 Å². The molecule has 5 heteroatoms. The number of carbonyl (C=O) groups is 2. The molecule has 2 rings (SSSR count). The Hall–Kier alpha value is -2.04. The molecule has 1 aromatic carbocycles. The number of amides is 2. The molecule has 1 aliphatic rings. The van der Waals surface area contributed by atoms with Crippen LogP contribution in [0.25, 0.3) is 0 Å². The third-order valence-corrected chi connectivity index (χ3v) is 2.90. The number of carbonyl (C=O) groups excluding carboxylic acids is 2. The smallest absolute Gasteiger partial charge is 0.410 e. The van der Waals surface area contributed by atoms with Gasteiger partial charge >= 0.3 is 6.09 Å². The summed E-state index contributed by atoms with van der Waals surface area (Å²) in [7, 11) is 3.29. The molecule has 1 aliphatic heterocycles. The van der Waals surface area contributed by atoms with Crippen molar-refractivity contribution >= 4 is 12.0 Å². The van der Waals surface area contributed by atoms with Gasteiger partial charge in [-0.05, 0) is 17.7 Å². The molecule has 17 heavy (non-hydrogen) atoms. The summed E-state index contributed by atoms with van der Waals surface area (Å²) in [5.74, 6) is -0.122. The van der Waals surface area contributed by atoms with Crippen LogP contribution in [0.15, 0.2) is 24.3 Å². The second-order valence-corrected chi connectivity index (χ2v) is 3.90. The lowest BCUT2D eigenvalue weighted by atomic mass is 10.0. The average Bonchev–Trinajstić information content (AvgIpc) is 2.69. The van der Waals surface area contributed by atoms with Crippen LogP contribution in [0.2, 0.25) is 0 Å². The maximum absolute atomic E-state index is 11.4. The van der Waals surface area contributed by atoms with E-state index in [1.165, 1.54) is 0 Å².